The van der Waals surface area contributed by atoms with Gasteiger partial charge in [-0.05, 0) is 20.0 Å². The van der Waals surface area contributed by atoms with Gasteiger partial charge in [0, 0.05) is 46.2 Å². The molecule has 0 spiro atoms. The van der Waals surface area contributed by atoms with Gasteiger partial charge in [0.1, 0.15) is 5.78 Å². The maximum absolute atomic E-state index is 11.1. The predicted octanol–water partition coefficient (Wildman–Crippen LogP) is 0.0210. The molecular formula is C9H13O5Y-. The van der Waals surface area contributed by atoms with E-state index in [2.05, 4.69) is 4.74 Å². The molecule has 1 atom stereocenters. The van der Waals surface area contributed by atoms with Crippen LogP contribution in [0.5, 0.6) is 0 Å². The molecule has 0 aromatic rings. The van der Waals surface area contributed by atoms with Crippen molar-refractivity contribution in [1.29, 1.82) is 0 Å². The van der Waals surface area contributed by atoms with Gasteiger partial charge in [0.05, 0.1) is 0 Å². The van der Waals surface area contributed by atoms with E-state index < -0.39 is 18.7 Å². The summed E-state index contributed by atoms with van der Waals surface area (Å²) in [6.07, 6.45) is 1.16. The number of carbonyl (C=O) groups excluding carboxylic acids is 3. The molecule has 0 aliphatic rings. The van der Waals surface area contributed by atoms with Crippen molar-refractivity contribution in [3.63, 3.8) is 0 Å². The van der Waals surface area contributed by atoms with Crippen LogP contribution in [-0.2, 0) is 56.6 Å². The number of esters is 1. The minimum atomic E-state index is -0.785. The molecule has 83 valence electrons. The zero-order chi connectivity index (χ0) is 11.0. The van der Waals surface area contributed by atoms with Gasteiger partial charge in [0.2, 0.25) is 0 Å². The van der Waals surface area contributed by atoms with E-state index in [0.29, 0.717) is 0 Å². The first-order valence-corrected chi connectivity index (χ1v) is 4.15. The summed E-state index contributed by atoms with van der Waals surface area (Å²) in [6, 6.07) is 0. The number of hydrogen-bond donors (Lipinski definition) is 0. The second kappa shape index (κ2) is 10.4. The third-order valence-corrected chi connectivity index (χ3v) is 1.58. The predicted molar refractivity (Wildman–Crippen MR) is 47.4 cm³/mol. The molecule has 0 fully saturated rings. The Kier molecular flexibility index (Phi) is 12.0. The molecule has 0 heterocycles. The van der Waals surface area contributed by atoms with Crippen molar-refractivity contribution >= 4 is 18.0 Å². The zero-order valence-electron chi connectivity index (χ0n) is 8.82. The molecule has 0 aliphatic heterocycles. The van der Waals surface area contributed by atoms with Crippen LogP contribution in [0.1, 0.15) is 19.8 Å². The third-order valence-electron chi connectivity index (χ3n) is 1.58. The van der Waals surface area contributed by atoms with Crippen molar-refractivity contribution in [2.75, 3.05) is 13.7 Å². The average molecular weight is 290 g/mol. The first kappa shape index (κ1) is 17.3. The second-order valence-corrected chi connectivity index (χ2v) is 2.72. The van der Waals surface area contributed by atoms with Crippen LogP contribution in [0.2, 0.25) is 0 Å². The third kappa shape index (κ3) is 8.84. The van der Waals surface area contributed by atoms with Crippen LogP contribution in [0.4, 0.5) is 0 Å². The molecule has 0 aromatic carbocycles. The maximum Gasteiger partial charge on any atom is 0.332 e. The fourth-order valence-electron chi connectivity index (χ4n) is 0.860. The van der Waals surface area contributed by atoms with Gasteiger partial charge in [-0.25, -0.2) is 11.1 Å². The number of carbonyl (C=O) groups is 2. The number of rotatable bonds is 7. The molecule has 1 radical (unpaired) electrons. The Labute approximate surface area is 114 Å². The number of ketones is 1. The summed E-state index contributed by atoms with van der Waals surface area (Å²) in [5.41, 5.74) is 0. The summed E-state index contributed by atoms with van der Waals surface area (Å²) in [5, 5.41) is 0. The molecule has 1 unspecified atom stereocenters. The van der Waals surface area contributed by atoms with Gasteiger partial charge in [-0.3, -0.25) is 0 Å². The second-order valence-electron chi connectivity index (χ2n) is 2.72. The van der Waals surface area contributed by atoms with Gasteiger partial charge in [0.25, 0.3) is 0 Å². The Balaban J connectivity index is 0. The molecule has 0 aliphatic carbocycles. The number of Topliss-reactive ketones (excluding diaryl/α,β-unsaturated/α-hetero) is 1. The Bertz CT molecular complexity index is 217. The largest absolute Gasteiger partial charge is 0.539 e. The van der Waals surface area contributed by atoms with Crippen LogP contribution in [0.25, 0.3) is 0 Å². The van der Waals surface area contributed by atoms with Crippen molar-refractivity contribution in [3.05, 3.63) is 0 Å². The maximum atomic E-state index is 11.1. The summed E-state index contributed by atoms with van der Waals surface area (Å²) in [6.45, 7) is 1.02. The van der Waals surface area contributed by atoms with Gasteiger partial charge in [-0.1, -0.05) is 0 Å². The average Bonchev–Trinajstić information content (AvgIpc) is 2.15. The van der Waals surface area contributed by atoms with Crippen LogP contribution >= 0.6 is 0 Å². The molecule has 0 saturated heterocycles. The molecule has 15 heavy (non-hydrogen) atoms. The number of hydrogen-bond acceptors (Lipinski definition) is 5. The van der Waals surface area contributed by atoms with E-state index in [4.69, 9.17) is 4.74 Å². The number of ether oxygens (including phenoxy) is 2. The van der Waals surface area contributed by atoms with Gasteiger partial charge in [0.15, 0.2) is 6.10 Å². The quantitative estimate of drug-likeness (QED) is 0.488. The summed E-state index contributed by atoms with van der Waals surface area (Å²) in [4.78, 5) is 31.5. The van der Waals surface area contributed by atoms with E-state index in [-0.39, 0.29) is 51.3 Å². The van der Waals surface area contributed by atoms with Crippen molar-refractivity contribution in [2.45, 2.75) is 25.9 Å². The fraction of sp³-hybridized carbons (Fsp3) is 0.667. The molecule has 0 bridgehead atoms. The normalized spacial score (nSPS) is 11.1. The minimum absolute atomic E-state index is 0. The Morgan fingerprint density at radius 1 is 1.40 bits per heavy atom. The monoisotopic (exact) mass is 290 g/mol. The van der Waals surface area contributed by atoms with Crippen molar-refractivity contribution in [1.82, 2.24) is 0 Å². The summed E-state index contributed by atoms with van der Waals surface area (Å²) >= 11 is 0. The Morgan fingerprint density at radius 3 is 2.40 bits per heavy atom. The van der Waals surface area contributed by atoms with Crippen LogP contribution in [0, 0.1) is 0 Å². The molecule has 0 amide bonds. The summed E-state index contributed by atoms with van der Waals surface area (Å²) < 4.78 is 9.28. The van der Waals surface area contributed by atoms with E-state index >= 15 is 0 Å². The molecule has 0 rings (SSSR count). The number of methoxy groups -OCH3 is 1. The first-order valence-electron chi connectivity index (χ1n) is 4.15. The molecule has 0 N–H and O–H groups in total. The zero-order valence-corrected chi connectivity index (χ0v) is 11.7. The van der Waals surface area contributed by atoms with Crippen LogP contribution in [0.3, 0.4) is 0 Å². The van der Waals surface area contributed by atoms with Gasteiger partial charge < -0.3 is 19.1 Å². The topological polar surface area (TPSA) is 69.7 Å². The summed E-state index contributed by atoms with van der Waals surface area (Å²) in [7, 11) is 1.34. The Morgan fingerprint density at radius 2 is 2.00 bits per heavy atom. The first-order chi connectivity index (χ1) is 6.61. The van der Waals surface area contributed by atoms with E-state index in [0.717, 1.165) is 0 Å². The van der Waals surface area contributed by atoms with Crippen molar-refractivity contribution in [2.24, 2.45) is 0 Å². The SMILES string of the molecule is COC(CCC(C)=O)C(=O)OC[C-]=O.[Y]. The van der Waals surface area contributed by atoms with Crippen molar-refractivity contribution in [3.8, 4) is 0 Å². The fourth-order valence-corrected chi connectivity index (χ4v) is 0.860. The van der Waals surface area contributed by atoms with E-state index in [9.17, 15) is 14.4 Å². The smallest absolute Gasteiger partial charge is 0.332 e. The standard InChI is InChI=1S/C9H13O5.Y/c1-7(11)3-4-8(13-2)9(12)14-6-5-10;/h8H,3-4,6H2,1-2H3;/q-1;. The van der Waals surface area contributed by atoms with Crippen molar-refractivity contribution < 1.29 is 56.6 Å². The summed E-state index contributed by atoms with van der Waals surface area (Å²) in [5.74, 6) is -0.668. The van der Waals surface area contributed by atoms with Gasteiger partial charge in [-0.2, -0.15) is 0 Å². The van der Waals surface area contributed by atoms with E-state index in [1.807, 2.05) is 0 Å². The molecule has 0 saturated carbocycles. The molecule has 5 nitrogen and oxygen atoms in total. The van der Waals surface area contributed by atoms with Gasteiger partial charge in [-0.15, -0.1) is 0 Å². The Hall–Kier alpha value is -0.126. The van der Waals surface area contributed by atoms with Crippen LogP contribution < -0.4 is 0 Å². The molecular weight excluding hydrogens is 277 g/mol. The van der Waals surface area contributed by atoms with Crippen LogP contribution in [-0.4, -0.2) is 37.9 Å². The van der Waals surface area contributed by atoms with Crippen LogP contribution in [0.15, 0.2) is 0 Å². The van der Waals surface area contributed by atoms with Gasteiger partial charge >= 0.3 is 5.97 Å². The minimum Gasteiger partial charge on any atom is -0.539 e. The molecule has 6 heteroatoms. The van der Waals surface area contributed by atoms with E-state index in [1.165, 1.54) is 20.3 Å². The molecule has 0 aromatic heterocycles. The van der Waals surface area contributed by atoms with E-state index in [1.54, 1.807) is 0 Å².